The summed E-state index contributed by atoms with van der Waals surface area (Å²) in [6.45, 7) is 5.92. The van der Waals surface area contributed by atoms with Crippen LogP contribution in [0.4, 0.5) is 0 Å². The molecule has 184 valence electrons. The van der Waals surface area contributed by atoms with Crippen LogP contribution < -0.4 is 0 Å². The predicted molar refractivity (Wildman–Crippen MR) is 142 cm³/mol. The van der Waals surface area contributed by atoms with Crippen LogP contribution in [0, 0.1) is 13.8 Å². The first-order valence-corrected chi connectivity index (χ1v) is 11.6. The maximum Gasteiger partial charge on any atom is 0.337 e. The molecule has 0 saturated heterocycles. The monoisotopic (exact) mass is 502 g/mol. The number of aromatic nitrogens is 4. The summed E-state index contributed by atoms with van der Waals surface area (Å²) in [6, 6.07) is 12.9. The van der Waals surface area contributed by atoms with E-state index in [0.717, 1.165) is 56.9 Å². The van der Waals surface area contributed by atoms with Crippen LogP contribution in [0.5, 0.6) is 0 Å². The minimum atomic E-state index is -1.06. The first-order valence-electron chi connectivity index (χ1n) is 11.3. The number of fused-ring (bicyclic) bond motifs is 1. The topological polar surface area (TPSA) is 94.0 Å². The highest BCUT2D eigenvalue weighted by atomic mass is 35.5. The lowest BCUT2D eigenvalue weighted by molar-refractivity contribution is 0.0697. The largest absolute Gasteiger partial charge is 0.478 e. The minimum absolute atomic E-state index is 0. The molecule has 8 heteroatoms. The summed E-state index contributed by atoms with van der Waals surface area (Å²) < 4.78 is 7.57. The van der Waals surface area contributed by atoms with E-state index in [1.807, 2.05) is 44.4 Å². The van der Waals surface area contributed by atoms with Crippen LogP contribution in [0.2, 0.25) is 5.02 Å². The van der Waals surface area contributed by atoms with Gasteiger partial charge in [-0.05, 0) is 56.2 Å². The highest BCUT2D eigenvalue weighted by molar-refractivity contribution is 6.33. The summed E-state index contributed by atoms with van der Waals surface area (Å²) >= 11 is 6.31. The fourth-order valence-electron chi connectivity index (χ4n) is 4.61. The second-order valence-corrected chi connectivity index (χ2v) is 8.83. The first-order chi connectivity index (χ1) is 16.9. The normalized spacial score (nSPS) is 11.9. The van der Waals surface area contributed by atoms with Crippen LogP contribution in [0.15, 0.2) is 65.6 Å². The first kappa shape index (κ1) is 25.1. The van der Waals surface area contributed by atoms with E-state index in [1.165, 1.54) is 6.07 Å². The van der Waals surface area contributed by atoms with Gasteiger partial charge in [0.25, 0.3) is 0 Å². The fourth-order valence-corrected chi connectivity index (χ4v) is 4.87. The van der Waals surface area contributed by atoms with E-state index < -0.39 is 5.97 Å². The van der Waals surface area contributed by atoms with Gasteiger partial charge in [-0.25, -0.2) is 4.79 Å². The van der Waals surface area contributed by atoms with Gasteiger partial charge in [0.05, 0.1) is 39.0 Å². The molecule has 1 aromatic carbocycles. The Balaban J connectivity index is 0.00000304. The summed E-state index contributed by atoms with van der Waals surface area (Å²) in [5.74, 6) is -0.331. The molecule has 0 radical (unpaired) electrons. The van der Waals surface area contributed by atoms with E-state index in [-0.39, 0.29) is 24.1 Å². The van der Waals surface area contributed by atoms with Gasteiger partial charge in [-0.3, -0.25) is 9.97 Å². The van der Waals surface area contributed by atoms with Crippen molar-refractivity contribution in [2.24, 2.45) is 0 Å². The number of carbonyl (C=O) groups is 1. The molecule has 7 nitrogen and oxygen atoms in total. The Morgan fingerprint density at radius 2 is 1.94 bits per heavy atom. The summed E-state index contributed by atoms with van der Waals surface area (Å²) in [7, 11) is 0. The highest BCUT2D eigenvalue weighted by Crippen LogP contribution is 2.38. The van der Waals surface area contributed by atoms with Crippen molar-refractivity contribution in [3.63, 3.8) is 0 Å². The lowest BCUT2D eigenvalue weighted by Crippen LogP contribution is -2.10. The molecule has 0 aliphatic heterocycles. The minimum Gasteiger partial charge on any atom is -0.478 e. The molecule has 0 aliphatic carbocycles. The summed E-state index contributed by atoms with van der Waals surface area (Å²) in [4.78, 5) is 20.9. The fraction of sp³-hybridized carbons (Fsp3) is 0.214. The number of benzene rings is 1. The average Bonchev–Trinajstić information content (AvgIpc) is 3.39. The number of carboxylic acids is 1. The van der Waals surface area contributed by atoms with Crippen molar-refractivity contribution in [2.45, 2.75) is 40.7 Å². The molecule has 0 spiro atoms. The van der Waals surface area contributed by atoms with Crippen molar-refractivity contribution < 1.29 is 14.4 Å². The molecule has 1 atom stereocenters. The second-order valence-electron chi connectivity index (χ2n) is 8.42. The van der Waals surface area contributed by atoms with Gasteiger partial charge in [-0.15, -0.1) is 0 Å². The lowest BCUT2D eigenvalue weighted by Gasteiger charge is -2.18. The van der Waals surface area contributed by atoms with Crippen molar-refractivity contribution in [3.05, 3.63) is 88.8 Å². The van der Waals surface area contributed by atoms with Crippen molar-refractivity contribution >= 4 is 28.6 Å². The Morgan fingerprint density at radius 1 is 1.14 bits per heavy atom. The van der Waals surface area contributed by atoms with Gasteiger partial charge in [-0.1, -0.05) is 43.2 Å². The number of hydrogen-bond acceptors (Lipinski definition) is 5. The van der Waals surface area contributed by atoms with Crippen molar-refractivity contribution in [3.8, 4) is 22.3 Å². The molecule has 5 aromatic rings. The number of aryl methyl sites for hydroxylation is 2. The third kappa shape index (κ3) is 4.27. The van der Waals surface area contributed by atoms with Crippen molar-refractivity contribution in [1.29, 1.82) is 0 Å². The molecule has 0 fully saturated rings. The van der Waals surface area contributed by atoms with Gasteiger partial charge in [0.15, 0.2) is 0 Å². The number of nitrogens with zero attached hydrogens (tertiary/aromatic N) is 4. The lowest BCUT2D eigenvalue weighted by atomic mass is 10.0. The predicted octanol–water partition coefficient (Wildman–Crippen LogP) is 7.36. The van der Waals surface area contributed by atoms with Crippen molar-refractivity contribution in [2.75, 3.05) is 0 Å². The number of aromatic carboxylic acids is 1. The van der Waals surface area contributed by atoms with Crippen LogP contribution in [0.1, 0.15) is 54.3 Å². The van der Waals surface area contributed by atoms with Gasteiger partial charge in [0.2, 0.25) is 0 Å². The zero-order valence-corrected chi connectivity index (χ0v) is 20.2. The Hall–Kier alpha value is -3.97. The van der Waals surface area contributed by atoms with Crippen LogP contribution >= 0.6 is 11.6 Å². The Kier molecular flexibility index (Phi) is 6.95. The maximum absolute atomic E-state index is 11.5. The number of carboxylic acid groups (broad SMARTS) is 1. The molecular weight excluding hydrogens is 476 g/mol. The van der Waals surface area contributed by atoms with Gasteiger partial charge in [0, 0.05) is 35.3 Å². The molecule has 0 bridgehead atoms. The van der Waals surface area contributed by atoms with Gasteiger partial charge in [-0.2, -0.15) is 0 Å². The molecule has 36 heavy (non-hydrogen) atoms. The number of rotatable bonds is 6. The van der Waals surface area contributed by atoms with Crippen LogP contribution in [-0.4, -0.2) is 30.8 Å². The Bertz CT molecular complexity index is 1540. The standard InChI is InChI=1S/C27H23ClN4O3.CH4/c1-4-23(22-7-5-6-10-29-22)32-14-20(17-8-9-19(27(33)34)21(28)11-17)26-24(32)12-18(13-30-26)25-15(2)31-35-16(25)3;/h5-14,23H,4H2,1-3H3,(H,33,34);1H4/t23-;/m0./s1. The van der Waals surface area contributed by atoms with E-state index in [0.29, 0.717) is 0 Å². The Morgan fingerprint density at radius 3 is 2.56 bits per heavy atom. The van der Waals surface area contributed by atoms with E-state index in [1.54, 1.807) is 18.3 Å². The molecule has 0 aliphatic rings. The summed E-state index contributed by atoms with van der Waals surface area (Å²) in [5, 5.41) is 13.7. The smallest absolute Gasteiger partial charge is 0.337 e. The molecular formula is C28H27ClN4O3. The SMILES string of the molecule is C.CC[C@@H](c1ccccn1)n1cc(-c2ccc(C(=O)O)c(Cl)c2)c2ncc(-c3c(C)noc3C)cc21. The number of pyridine rings is 2. The van der Waals surface area contributed by atoms with Crippen LogP contribution in [-0.2, 0) is 0 Å². The zero-order valence-electron chi connectivity index (χ0n) is 19.5. The summed E-state index contributed by atoms with van der Waals surface area (Å²) in [6.07, 6.45) is 6.47. The van der Waals surface area contributed by atoms with Crippen LogP contribution in [0.3, 0.4) is 0 Å². The third-order valence-electron chi connectivity index (χ3n) is 6.25. The third-order valence-corrected chi connectivity index (χ3v) is 6.57. The quantitative estimate of drug-likeness (QED) is 0.260. The molecule has 0 saturated carbocycles. The number of halogens is 1. The maximum atomic E-state index is 11.5. The van der Waals surface area contributed by atoms with E-state index >= 15 is 0 Å². The molecule has 4 aromatic heterocycles. The highest BCUT2D eigenvalue weighted by Gasteiger charge is 2.22. The van der Waals surface area contributed by atoms with E-state index in [9.17, 15) is 9.90 Å². The van der Waals surface area contributed by atoms with E-state index in [4.69, 9.17) is 21.1 Å². The van der Waals surface area contributed by atoms with E-state index in [2.05, 4.69) is 27.7 Å². The molecule has 5 rings (SSSR count). The van der Waals surface area contributed by atoms with Gasteiger partial charge in [0.1, 0.15) is 5.76 Å². The van der Waals surface area contributed by atoms with Crippen LogP contribution in [0.25, 0.3) is 33.3 Å². The molecule has 1 N–H and O–H groups in total. The van der Waals surface area contributed by atoms with Gasteiger partial charge >= 0.3 is 5.97 Å². The average molecular weight is 503 g/mol. The summed E-state index contributed by atoms with van der Waals surface area (Å²) in [5.41, 5.74) is 7.00. The second kappa shape index (κ2) is 9.95. The van der Waals surface area contributed by atoms with Gasteiger partial charge < -0.3 is 14.2 Å². The molecule has 0 amide bonds. The Labute approximate surface area is 214 Å². The molecule has 0 unspecified atom stereocenters. The molecule has 4 heterocycles. The number of hydrogen-bond donors (Lipinski definition) is 1. The zero-order chi connectivity index (χ0) is 24.7. The van der Waals surface area contributed by atoms with Crippen molar-refractivity contribution in [1.82, 2.24) is 19.7 Å².